The molecule has 0 aliphatic carbocycles. The van der Waals surface area contributed by atoms with E-state index in [1.54, 1.807) is 12.1 Å². The van der Waals surface area contributed by atoms with Crippen LogP contribution < -0.4 is 0 Å². The Morgan fingerprint density at radius 2 is 2.15 bits per heavy atom. The fourth-order valence-electron chi connectivity index (χ4n) is 1.25. The molecule has 0 aliphatic heterocycles. The second kappa shape index (κ2) is 4.97. The number of rotatable bonds is 4. The molecule has 0 saturated carbocycles. The van der Waals surface area contributed by atoms with Crippen LogP contribution in [0.3, 0.4) is 0 Å². The van der Waals surface area contributed by atoms with E-state index in [4.69, 9.17) is 4.74 Å². The van der Waals surface area contributed by atoms with Crippen molar-refractivity contribution in [2.45, 2.75) is 20.0 Å². The molecule has 1 aromatic carbocycles. The Morgan fingerprint density at radius 1 is 1.46 bits per heavy atom. The highest BCUT2D eigenvalue weighted by Gasteiger charge is 2.12. The molecule has 0 aromatic heterocycles. The minimum Gasteiger partial charge on any atom is -0.373 e. The van der Waals surface area contributed by atoms with Gasteiger partial charge in [0.25, 0.3) is 0 Å². The van der Waals surface area contributed by atoms with Crippen molar-refractivity contribution < 1.29 is 9.13 Å². The molecule has 1 rings (SSSR count). The van der Waals surface area contributed by atoms with Gasteiger partial charge in [-0.25, -0.2) is 4.39 Å². The van der Waals surface area contributed by atoms with E-state index in [-0.39, 0.29) is 11.9 Å². The van der Waals surface area contributed by atoms with E-state index in [1.165, 1.54) is 6.07 Å². The summed E-state index contributed by atoms with van der Waals surface area (Å²) in [5.41, 5.74) is 0.604. The molecule has 0 N–H and O–H groups in total. The van der Waals surface area contributed by atoms with Gasteiger partial charge in [0.05, 0.1) is 6.10 Å². The minimum atomic E-state index is -0.230. The standard InChI is InChI=1S/C11H14FO/c1-3-11(13-4-2)9-7-5-6-8-10(9)12/h3,5-8,11H,4H2,1-2H3. The fourth-order valence-corrected chi connectivity index (χ4v) is 1.25. The van der Waals surface area contributed by atoms with E-state index < -0.39 is 0 Å². The quantitative estimate of drug-likeness (QED) is 0.693. The molecule has 0 amide bonds. The molecular formula is C11H14FO. The maximum Gasteiger partial charge on any atom is 0.129 e. The molecule has 1 unspecified atom stereocenters. The Kier molecular flexibility index (Phi) is 3.90. The topological polar surface area (TPSA) is 9.23 Å². The zero-order chi connectivity index (χ0) is 9.68. The first-order chi connectivity index (χ1) is 6.29. The van der Waals surface area contributed by atoms with Gasteiger partial charge >= 0.3 is 0 Å². The molecule has 0 saturated heterocycles. The summed E-state index contributed by atoms with van der Waals surface area (Å²) in [6.07, 6.45) is 1.62. The number of hydrogen-bond donors (Lipinski definition) is 0. The Bertz CT molecular complexity index is 260. The van der Waals surface area contributed by atoms with E-state index in [0.29, 0.717) is 12.2 Å². The van der Waals surface area contributed by atoms with Crippen LogP contribution in [0, 0.1) is 12.2 Å². The molecule has 1 radical (unpaired) electrons. The van der Waals surface area contributed by atoms with Crippen molar-refractivity contribution in [2.75, 3.05) is 6.61 Å². The van der Waals surface area contributed by atoms with E-state index in [0.717, 1.165) is 0 Å². The van der Waals surface area contributed by atoms with Gasteiger partial charge in [0.15, 0.2) is 0 Å². The monoisotopic (exact) mass is 181 g/mol. The average Bonchev–Trinajstić information content (AvgIpc) is 2.16. The Balaban J connectivity index is 2.84. The van der Waals surface area contributed by atoms with Crippen molar-refractivity contribution in [3.63, 3.8) is 0 Å². The Labute approximate surface area is 78.5 Å². The largest absolute Gasteiger partial charge is 0.373 e. The zero-order valence-corrected chi connectivity index (χ0v) is 7.96. The van der Waals surface area contributed by atoms with Crippen LogP contribution in [-0.2, 0) is 4.74 Å². The maximum absolute atomic E-state index is 13.3. The molecule has 0 fully saturated rings. The van der Waals surface area contributed by atoms with Gasteiger partial charge in [-0.2, -0.15) is 0 Å². The van der Waals surface area contributed by atoms with Crippen molar-refractivity contribution in [3.8, 4) is 0 Å². The fraction of sp³-hybridized carbons (Fsp3) is 0.364. The van der Waals surface area contributed by atoms with Crippen molar-refractivity contribution in [1.82, 2.24) is 0 Å². The van der Waals surface area contributed by atoms with Crippen LogP contribution in [0.2, 0.25) is 0 Å². The SMILES string of the molecule is C[CH]C(OCC)c1ccccc1F. The van der Waals surface area contributed by atoms with Crippen LogP contribution in [0.1, 0.15) is 25.5 Å². The van der Waals surface area contributed by atoms with Crippen LogP contribution in [-0.4, -0.2) is 6.61 Å². The van der Waals surface area contributed by atoms with Gasteiger partial charge in [0, 0.05) is 12.2 Å². The number of ether oxygens (including phenoxy) is 1. The molecule has 0 spiro atoms. The first-order valence-electron chi connectivity index (χ1n) is 4.45. The first-order valence-corrected chi connectivity index (χ1v) is 4.45. The predicted molar refractivity (Wildman–Crippen MR) is 50.7 cm³/mol. The molecular weight excluding hydrogens is 167 g/mol. The Hall–Kier alpha value is -0.890. The molecule has 0 aliphatic rings. The molecule has 71 valence electrons. The van der Waals surface area contributed by atoms with E-state index in [1.807, 2.05) is 26.3 Å². The molecule has 0 heterocycles. The summed E-state index contributed by atoms with van der Waals surface area (Å²) in [6, 6.07) is 6.69. The third kappa shape index (κ3) is 2.52. The van der Waals surface area contributed by atoms with E-state index >= 15 is 0 Å². The van der Waals surface area contributed by atoms with Gasteiger partial charge in [-0.1, -0.05) is 25.1 Å². The maximum atomic E-state index is 13.3. The highest BCUT2D eigenvalue weighted by Crippen LogP contribution is 2.22. The second-order valence-electron chi connectivity index (χ2n) is 2.73. The first kappa shape index (κ1) is 10.2. The number of benzene rings is 1. The van der Waals surface area contributed by atoms with Gasteiger partial charge < -0.3 is 4.74 Å². The van der Waals surface area contributed by atoms with Crippen molar-refractivity contribution >= 4 is 0 Å². The lowest BCUT2D eigenvalue weighted by Gasteiger charge is -2.15. The minimum absolute atomic E-state index is 0.209. The lowest BCUT2D eigenvalue weighted by molar-refractivity contribution is 0.0832. The molecule has 13 heavy (non-hydrogen) atoms. The average molecular weight is 181 g/mol. The summed E-state index contributed by atoms with van der Waals surface area (Å²) in [4.78, 5) is 0. The lowest BCUT2D eigenvalue weighted by atomic mass is 10.1. The third-order valence-electron chi connectivity index (χ3n) is 1.86. The third-order valence-corrected chi connectivity index (χ3v) is 1.86. The predicted octanol–water partition coefficient (Wildman–Crippen LogP) is 3.13. The summed E-state index contributed by atoms with van der Waals surface area (Å²) in [5, 5.41) is 0. The van der Waals surface area contributed by atoms with E-state index in [2.05, 4.69) is 0 Å². The smallest absolute Gasteiger partial charge is 0.129 e. The lowest BCUT2D eigenvalue weighted by Crippen LogP contribution is -2.05. The van der Waals surface area contributed by atoms with Gasteiger partial charge in [0.2, 0.25) is 0 Å². The summed E-state index contributed by atoms with van der Waals surface area (Å²) < 4.78 is 18.6. The Morgan fingerprint density at radius 3 is 2.69 bits per heavy atom. The summed E-state index contributed by atoms with van der Waals surface area (Å²) in [7, 11) is 0. The van der Waals surface area contributed by atoms with Crippen LogP contribution in [0.5, 0.6) is 0 Å². The van der Waals surface area contributed by atoms with Crippen molar-refractivity contribution in [2.24, 2.45) is 0 Å². The van der Waals surface area contributed by atoms with E-state index in [9.17, 15) is 4.39 Å². The van der Waals surface area contributed by atoms with Crippen LogP contribution >= 0.6 is 0 Å². The van der Waals surface area contributed by atoms with Crippen LogP contribution in [0.4, 0.5) is 4.39 Å². The molecule has 0 bridgehead atoms. The molecule has 1 atom stereocenters. The molecule has 1 aromatic rings. The highest BCUT2D eigenvalue weighted by atomic mass is 19.1. The van der Waals surface area contributed by atoms with Gasteiger partial charge in [-0.3, -0.25) is 0 Å². The van der Waals surface area contributed by atoms with Gasteiger partial charge in [-0.05, 0) is 19.4 Å². The second-order valence-corrected chi connectivity index (χ2v) is 2.73. The molecule has 1 nitrogen and oxygen atoms in total. The normalized spacial score (nSPS) is 12.8. The summed E-state index contributed by atoms with van der Waals surface area (Å²) >= 11 is 0. The zero-order valence-electron chi connectivity index (χ0n) is 7.96. The van der Waals surface area contributed by atoms with Crippen LogP contribution in [0.25, 0.3) is 0 Å². The number of hydrogen-bond acceptors (Lipinski definition) is 1. The summed E-state index contributed by atoms with van der Waals surface area (Å²) in [6.45, 7) is 4.35. The van der Waals surface area contributed by atoms with Gasteiger partial charge in [0.1, 0.15) is 5.82 Å². The highest BCUT2D eigenvalue weighted by molar-refractivity contribution is 5.21. The van der Waals surface area contributed by atoms with Gasteiger partial charge in [-0.15, -0.1) is 0 Å². The number of halogens is 1. The molecule has 2 heteroatoms. The summed E-state index contributed by atoms with van der Waals surface area (Å²) in [5.74, 6) is -0.209. The van der Waals surface area contributed by atoms with Crippen molar-refractivity contribution in [1.29, 1.82) is 0 Å². The van der Waals surface area contributed by atoms with Crippen molar-refractivity contribution in [3.05, 3.63) is 42.1 Å². The van der Waals surface area contributed by atoms with Crippen LogP contribution in [0.15, 0.2) is 24.3 Å².